The predicted octanol–water partition coefficient (Wildman–Crippen LogP) is 1.91. The second kappa shape index (κ2) is 9.97. The first-order chi connectivity index (χ1) is 15.8. The fourth-order valence-electron chi connectivity index (χ4n) is 3.66. The van der Waals surface area contributed by atoms with Gasteiger partial charge in [-0.25, -0.2) is 4.57 Å². The van der Waals surface area contributed by atoms with E-state index in [2.05, 4.69) is 9.88 Å². The molecule has 0 amide bonds. The summed E-state index contributed by atoms with van der Waals surface area (Å²) in [5.74, 6) is 1.16. The molecule has 0 saturated carbocycles. The van der Waals surface area contributed by atoms with Gasteiger partial charge in [-0.05, 0) is 42.5 Å². The fraction of sp³-hybridized carbons (Fsp3) is 0.348. The van der Waals surface area contributed by atoms with Gasteiger partial charge in [0.25, 0.3) is 0 Å². The first-order valence-corrected chi connectivity index (χ1v) is 12.7. The monoisotopic (exact) mass is 473 g/mol. The van der Waals surface area contributed by atoms with Gasteiger partial charge in [0.05, 0.1) is 18.8 Å². The number of anilines is 1. The van der Waals surface area contributed by atoms with Crippen molar-refractivity contribution in [2.24, 2.45) is 0 Å². The predicted molar refractivity (Wildman–Crippen MR) is 128 cm³/mol. The topological polar surface area (TPSA) is 125 Å². The van der Waals surface area contributed by atoms with E-state index >= 15 is 0 Å². The normalized spacial score (nSPS) is 16.4. The molecule has 9 nitrogen and oxygen atoms in total. The molecule has 1 aromatic heterocycles. The minimum Gasteiger partial charge on any atom is -0.492 e. The van der Waals surface area contributed by atoms with Crippen LogP contribution < -0.4 is 20.4 Å². The van der Waals surface area contributed by atoms with Crippen LogP contribution in [-0.2, 0) is 13.8 Å². The van der Waals surface area contributed by atoms with Crippen LogP contribution in [0.1, 0.15) is 11.3 Å². The highest BCUT2D eigenvalue weighted by Gasteiger charge is 2.21. The van der Waals surface area contributed by atoms with Crippen LogP contribution in [0.15, 0.2) is 42.5 Å². The van der Waals surface area contributed by atoms with Gasteiger partial charge in [0.15, 0.2) is 0 Å². The van der Waals surface area contributed by atoms with Gasteiger partial charge >= 0.3 is 7.60 Å². The molecule has 176 valence electrons. The maximum absolute atomic E-state index is 12.2. The molecule has 0 spiro atoms. The number of nitrogens with one attached hydrogen (secondary N) is 1. The molecule has 1 unspecified atom stereocenters. The number of nitrogens with two attached hydrogens (primary N) is 2. The molecule has 3 aromatic rings. The number of H-pyrrole nitrogens is 1. The van der Waals surface area contributed by atoms with E-state index in [1.54, 1.807) is 18.2 Å². The third-order valence-electron chi connectivity index (χ3n) is 5.58. The second-order valence-electron chi connectivity index (χ2n) is 7.94. The molecule has 0 radical (unpaired) electrons. The Bertz CT molecular complexity index is 1190. The maximum atomic E-state index is 12.2. The third-order valence-corrected chi connectivity index (χ3v) is 6.79. The van der Waals surface area contributed by atoms with Crippen LogP contribution in [0.3, 0.4) is 0 Å². The average molecular weight is 473 g/mol. The molecule has 33 heavy (non-hydrogen) atoms. The molecule has 1 aliphatic heterocycles. The van der Waals surface area contributed by atoms with E-state index in [4.69, 9.17) is 29.7 Å². The van der Waals surface area contributed by atoms with E-state index in [1.165, 1.54) is 13.8 Å². The zero-order valence-electron chi connectivity index (χ0n) is 18.9. The summed E-state index contributed by atoms with van der Waals surface area (Å²) in [5, 5.41) is 7.42. The van der Waals surface area contributed by atoms with Crippen molar-refractivity contribution in [1.29, 1.82) is 0 Å². The van der Waals surface area contributed by atoms with Gasteiger partial charge in [0.1, 0.15) is 23.8 Å². The Morgan fingerprint density at radius 3 is 2.70 bits per heavy atom. The molecule has 1 fully saturated rings. The Morgan fingerprint density at radius 1 is 1.18 bits per heavy atom. The van der Waals surface area contributed by atoms with Crippen molar-refractivity contribution in [2.45, 2.75) is 0 Å². The molecule has 1 aliphatic rings. The lowest BCUT2D eigenvalue weighted by atomic mass is 10.0. The summed E-state index contributed by atoms with van der Waals surface area (Å²) >= 11 is 0. The Morgan fingerprint density at radius 2 is 1.94 bits per heavy atom. The van der Waals surface area contributed by atoms with Crippen molar-refractivity contribution in [1.82, 2.24) is 9.88 Å². The largest absolute Gasteiger partial charge is 0.492 e. The smallest absolute Gasteiger partial charge is 0.375 e. The molecule has 1 saturated heterocycles. The Labute approximate surface area is 192 Å². The SMILES string of the molecule is COP(C)(=O)Oc1ccc(N)c(C(=[NH2+])c2cc3cc(OCCN4CCOCC4)ccc3[nH]2)c1. The van der Waals surface area contributed by atoms with Crippen LogP contribution in [0, 0.1) is 0 Å². The number of fused-ring (bicyclic) bond motifs is 1. The van der Waals surface area contributed by atoms with Crippen LogP contribution >= 0.6 is 7.60 Å². The van der Waals surface area contributed by atoms with E-state index < -0.39 is 7.60 Å². The average Bonchev–Trinajstić information content (AvgIpc) is 3.24. The van der Waals surface area contributed by atoms with Crippen molar-refractivity contribution in [2.75, 3.05) is 59.0 Å². The molecule has 4 rings (SSSR count). The van der Waals surface area contributed by atoms with E-state index in [9.17, 15) is 4.57 Å². The fourth-order valence-corrected chi connectivity index (χ4v) is 4.23. The number of hydrogen-bond acceptors (Lipinski definition) is 7. The standard InChI is InChI=1S/C23H29N4O5P/c1-29-33(2,28)32-18-3-5-20(24)19(15-18)23(25)22-14-16-13-17(4-6-21(16)26-22)31-12-9-27-7-10-30-11-8-27/h3-6,13-15,25-26H,7-12,24H2,1-2H3/p+1. The molecule has 0 bridgehead atoms. The number of nitrogens with zero attached hydrogens (tertiary/aromatic N) is 1. The molecule has 10 heteroatoms. The Hall–Kier alpha value is -2.84. The number of aromatic amines is 1. The van der Waals surface area contributed by atoms with Crippen LogP contribution in [0.5, 0.6) is 11.5 Å². The highest BCUT2D eigenvalue weighted by Crippen LogP contribution is 2.43. The summed E-state index contributed by atoms with van der Waals surface area (Å²) in [6.45, 7) is 6.31. The number of nitrogen functional groups attached to an aromatic ring is 1. The summed E-state index contributed by atoms with van der Waals surface area (Å²) in [5.41, 5.74) is 9.31. The summed E-state index contributed by atoms with van der Waals surface area (Å²) in [6, 6.07) is 12.8. The molecule has 1 atom stereocenters. The number of benzene rings is 2. The lowest BCUT2D eigenvalue weighted by Gasteiger charge is -2.26. The molecule has 2 heterocycles. The summed E-state index contributed by atoms with van der Waals surface area (Å²) < 4.78 is 33.9. The summed E-state index contributed by atoms with van der Waals surface area (Å²) in [6.07, 6.45) is 0. The quantitative estimate of drug-likeness (QED) is 0.246. The first-order valence-electron chi connectivity index (χ1n) is 10.8. The van der Waals surface area contributed by atoms with Gasteiger partial charge in [-0.1, -0.05) is 0 Å². The first kappa shape index (κ1) is 23.3. The van der Waals surface area contributed by atoms with E-state index in [0.717, 1.165) is 49.5 Å². The van der Waals surface area contributed by atoms with Crippen LogP contribution in [0.2, 0.25) is 0 Å². The number of ether oxygens (including phenoxy) is 2. The van der Waals surface area contributed by atoms with Gasteiger partial charge in [0.2, 0.25) is 5.71 Å². The number of aromatic nitrogens is 1. The lowest BCUT2D eigenvalue weighted by molar-refractivity contribution is -0.111. The van der Waals surface area contributed by atoms with Gasteiger partial charge in [-0.2, -0.15) is 0 Å². The van der Waals surface area contributed by atoms with Crippen molar-refractivity contribution in [3.05, 3.63) is 53.7 Å². The molecular formula is C23H30N4O5P+. The van der Waals surface area contributed by atoms with E-state index in [1.807, 2.05) is 24.3 Å². The highest BCUT2D eigenvalue weighted by molar-refractivity contribution is 7.53. The minimum atomic E-state index is -3.20. The van der Waals surface area contributed by atoms with Crippen molar-refractivity contribution in [3.8, 4) is 11.5 Å². The van der Waals surface area contributed by atoms with Gasteiger partial charge < -0.3 is 29.2 Å². The summed E-state index contributed by atoms with van der Waals surface area (Å²) in [7, 11) is -1.86. The Balaban J connectivity index is 1.48. The molecule has 2 aromatic carbocycles. The molecule has 0 aliphatic carbocycles. The number of hydrogen-bond donors (Lipinski definition) is 3. The zero-order valence-corrected chi connectivity index (χ0v) is 19.8. The minimum absolute atomic E-state index is 0.363. The Kier molecular flexibility index (Phi) is 7.05. The van der Waals surface area contributed by atoms with E-state index in [-0.39, 0.29) is 0 Å². The summed E-state index contributed by atoms with van der Waals surface area (Å²) in [4.78, 5) is 5.65. The maximum Gasteiger partial charge on any atom is 0.375 e. The van der Waals surface area contributed by atoms with Gasteiger partial charge in [-0.3, -0.25) is 10.3 Å². The van der Waals surface area contributed by atoms with Crippen LogP contribution in [0.4, 0.5) is 5.69 Å². The second-order valence-corrected chi connectivity index (χ2v) is 10.0. The molecular weight excluding hydrogens is 443 g/mol. The zero-order chi connectivity index (χ0) is 23.4. The van der Waals surface area contributed by atoms with Gasteiger partial charge in [-0.15, -0.1) is 0 Å². The van der Waals surface area contributed by atoms with Gasteiger partial charge in [0, 0.05) is 50.0 Å². The number of rotatable bonds is 9. The van der Waals surface area contributed by atoms with Crippen molar-refractivity contribution in [3.63, 3.8) is 0 Å². The molecule has 5 N–H and O–H groups in total. The van der Waals surface area contributed by atoms with Crippen molar-refractivity contribution < 1.29 is 28.5 Å². The third kappa shape index (κ3) is 5.75. The van der Waals surface area contributed by atoms with E-state index in [0.29, 0.717) is 35.0 Å². The highest BCUT2D eigenvalue weighted by atomic mass is 31.2. The number of morpholine rings is 1. The van der Waals surface area contributed by atoms with Crippen molar-refractivity contribution >= 4 is 29.9 Å². The van der Waals surface area contributed by atoms with Crippen LogP contribution in [0.25, 0.3) is 10.9 Å². The lowest BCUT2D eigenvalue weighted by Crippen LogP contribution is -2.41. The van der Waals surface area contributed by atoms with Crippen LogP contribution in [-0.4, -0.2) is 68.8 Å².